The van der Waals surface area contributed by atoms with E-state index in [2.05, 4.69) is 55.4 Å². The Hall–Kier alpha value is -0.900. The standard InChI is InChI=1S/C15H27N3/c1-4-18(5-2)11-10-15(17-16)12-14-9-7-6-8-13(14)3/h6-9,15,17H,4-5,10-12,16H2,1-3H3. The van der Waals surface area contributed by atoms with Gasteiger partial charge in [0.1, 0.15) is 0 Å². The van der Waals surface area contributed by atoms with Crippen LogP contribution >= 0.6 is 0 Å². The lowest BCUT2D eigenvalue weighted by Crippen LogP contribution is -2.40. The summed E-state index contributed by atoms with van der Waals surface area (Å²) in [6.45, 7) is 9.89. The Bertz CT molecular complexity index is 334. The second kappa shape index (κ2) is 8.25. The van der Waals surface area contributed by atoms with Crippen LogP contribution in [0.4, 0.5) is 0 Å². The number of aryl methyl sites for hydroxylation is 1. The van der Waals surface area contributed by atoms with Crippen molar-refractivity contribution >= 4 is 0 Å². The SMILES string of the molecule is CCN(CC)CCC(Cc1ccccc1C)NN. The van der Waals surface area contributed by atoms with E-state index in [9.17, 15) is 0 Å². The molecule has 1 aromatic carbocycles. The number of hydrogen-bond acceptors (Lipinski definition) is 3. The average molecular weight is 249 g/mol. The Balaban J connectivity index is 2.49. The number of benzene rings is 1. The van der Waals surface area contributed by atoms with Crippen LogP contribution in [0.5, 0.6) is 0 Å². The van der Waals surface area contributed by atoms with Gasteiger partial charge >= 0.3 is 0 Å². The maximum atomic E-state index is 5.67. The summed E-state index contributed by atoms with van der Waals surface area (Å²) >= 11 is 0. The minimum absolute atomic E-state index is 0.353. The summed E-state index contributed by atoms with van der Waals surface area (Å²) < 4.78 is 0. The van der Waals surface area contributed by atoms with E-state index >= 15 is 0 Å². The van der Waals surface area contributed by atoms with Gasteiger partial charge in [0.15, 0.2) is 0 Å². The first-order chi connectivity index (χ1) is 8.71. The molecule has 0 heterocycles. The third-order valence-corrected chi connectivity index (χ3v) is 3.65. The Morgan fingerprint density at radius 2 is 1.89 bits per heavy atom. The average Bonchev–Trinajstić information content (AvgIpc) is 2.40. The molecular formula is C15H27N3. The molecule has 3 N–H and O–H groups in total. The van der Waals surface area contributed by atoms with E-state index in [1.54, 1.807) is 0 Å². The van der Waals surface area contributed by atoms with Gasteiger partial charge in [0.05, 0.1) is 0 Å². The fourth-order valence-electron chi connectivity index (χ4n) is 2.23. The van der Waals surface area contributed by atoms with Crippen molar-refractivity contribution in [3.8, 4) is 0 Å². The van der Waals surface area contributed by atoms with Gasteiger partial charge in [0, 0.05) is 6.04 Å². The molecule has 3 heteroatoms. The molecule has 0 aliphatic rings. The Labute approximate surface area is 111 Å². The van der Waals surface area contributed by atoms with E-state index in [0.717, 1.165) is 32.5 Å². The van der Waals surface area contributed by atoms with Crippen molar-refractivity contribution in [3.05, 3.63) is 35.4 Å². The van der Waals surface area contributed by atoms with E-state index in [1.807, 2.05) is 0 Å². The Kier molecular flexibility index (Phi) is 6.94. The largest absolute Gasteiger partial charge is 0.304 e. The molecule has 3 nitrogen and oxygen atoms in total. The van der Waals surface area contributed by atoms with Crippen LogP contribution < -0.4 is 11.3 Å². The van der Waals surface area contributed by atoms with Crippen molar-refractivity contribution in [3.63, 3.8) is 0 Å². The first kappa shape index (κ1) is 15.2. The predicted octanol–water partition coefficient (Wildman–Crippen LogP) is 2.10. The highest BCUT2D eigenvalue weighted by molar-refractivity contribution is 5.26. The van der Waals surface area contributed by atoms with Crippen molar-refractivity contribution in [1.82, 2.24) is 10.3 Å². The molecule has 0 aromatic heterocycles. The fourth-order valence-corrected chi connectivity index (χ4v) is 2.23. The lowest BCUT2D eigenvalue weighted by molar-refractivity contribution is 0.280. The first-order valence-corrected chi connectivity index (χ1v) is 6.94. The summed E-state index contributed by atoms with van der Waals surface area (Å²) in [4.78, 5) is 2.43. The lowest BCUT2D eigenvalue weighted by atomic mass is 9.99. The maximum Gasteiger partial charge on any atom is 0.0263 e. The van der Waals surface area contributed by atoms with Crippen LogP contribution in [0, 0.1) is 6.92 Å². The van der Waals surface area contributed by atoms with Crippen molar-refractivity contribution in [1.29, 1.82) is 0 Å². The maximum absolute atomic E-state index is 5.67. The van der Waals surface area contributed by atoms with Gasteiger partial charge in [-0.3, -0.25) is 11.3 Å². The van der Waals surface area contributed by atoms with Gasteiger partial charge in [-0.25, -0.2) is 0 Å². The zero-order valence-corrected chi connectivity index (χ0v) is 11.9. The van der Waals surface area contributed by atoms with Gasteiger partial charge in [-0.1, -0.05) is 38.1 Å². The molecule has 0 saturated carbocycles. The van der Waals surface area contributed by atoms with Crippen LogP contribution in [0.2, 0.25) is 0 Å². The molecular weight excluding hydrogens is 222 g/mol. The van der Waals surface area contributed by atoms with Gasteiger partial charge < -0.3 is 4.90 Å². The second-order valence-corrected chi connectivity index (χ2v) is 4.81. The minimum atomic E-state index is 0.353. The number of hydrazine groups is 1. The third-order valence-electron chi connectivity index (χ3n) is 3.65. The minimum Gasteiger partial charge on any atom is -0.304 e. The van der Waals surface area contributed by atoms with Crippen LogP contribution in [-0.2, 0) is 6.42 Å². The van der Waals surface area contributed by atoms with Gasteiger partial charge in [0.25, 0.3) is 0 Å². The van der Waals surface area contributed by atoms with Crippen molar-refractivity contribution in [2.24, 2.45) is 5.84 Å². The third kappa shape index (κ3) is 4.77. The molecule has 0 saturated heterocycles. The summed E-state index contributed by atoms with van der Waals surface area (Å²) in [7, 11) is 0. The van der Waals surface area contributed by atoms with E-state index in [1.165, 1.54) is 11.1 Å². The highest BCUT2D eigenvalue weighted by atomic mass is 15.2. The molecule has 0 amide bonds. The van der Waals surface area contributed by atoms with E-state index in [0.29, 0.717) is 6.04 Å². The summed E-state index contributed by atoms with van der Waals surface area (Å²) in [6.07, 6.45) is 2.09. The van der Waals surface area contributed by atoms with Gasteiger partial charge in [-0.15, -0.1) is 0 Å². The molecule has 1 rings (SSSR count). The highest BCUT2D eigenvalue weighted by Gasteiger charge is 2.10. The van der Waals surface area contributed by atoms with Gasteiger partial charge in [-0.2, -0.15) is 0 Å². The van der Waals surface area contributed by atoms with Gasteiger partial charge in [0.2, 0.25) is 0 Å². The molecule has 0 aliphatic carbocycles. The molecule has 0 spiro atoms. The second-order valence-electron chi connectivity index (χ2n) is 4.81. The molecule has 0 bridgehead atoms. The van der Waals surface area contributed by atoms with Crippen LogP contribution in [0.15, 0.2) is 24.3 Å². The van der Waals surface area contributed by atoms with Gasteiger partial charge in [-0.05, 0) is 50.5 Å². The van der Waals surface area contributed by atoms with E-state index in [4.69, 9.17) is 5.84 Å². The Morgan fingerprint density at radius 3 is 2.44 bits per heavy atom. The summed E-state index contributed by atoms with van der Waals surface area (Å²) in [6, 6.07) is 8.89. The zero-order valence-electron chi connectivity index (χ0n) is 11.9. The quantitative estimate of drug-likeness (QED) is 0.547. The van der Waals surface area contributed by atoms with E-state index in [-0.39, 0.29) is 0 Å². The molecule has 1 unspecified atom stereocenters. The summed E-state index contributed by atoms with van der Waals surface area (Å²) in [5, 5.41) is 0. The molecule has 0 fully saturated rings. The fraction of sp³-hybridized carbons (Fsp3) is 0.600. The number of nitrogens with zero attached hydrogens (tertiary/aromatic N) is 1. The number of hydrogen-bond donors (Lipinski definition) is 2. The Morgan fingerprint density at radius 1 is 1.22 bits per heavy atom. The number of nitrogens with two attached hydrogens (primary N) is 1. The van der Waals surface area contributed by atoms with Crippen LogP contribution in [0.3, 0.4) is 0 Å². The highest BCUT2D eigenvalue weighted by Crippen LogP contribution is 2.11. The van der Waals surface area contributed by atoms with E-state index < -0.39 is 0 Å². The van der Waals surface area contributed by atoms with Crippen LogP contribution in [-0.4, -0.2) is 30.6 Å². The molecule has 1 atom stereocenters. The molecule has 1 aromatic rings. The molecule has 102 valence electrons. The lowest BCUT2D eigenvalue weighted by Gasteiger charge is -2.22. The molecule has 18 heavy (non-hydrogen) atoms. The zero-order chi connectivity index (χ0) is 13.4. The first-order valence-electron chi connectivity index (χ1n) is 6.94. The van der Waals surface area contributed by atoms with Crippen molar-refractivity contribution in [2.75, 3.05) is 19.6 Å². The van der Waals surface area contributed by atoms with Crippen LogP contribution in [0.25, 0.3) is 0 Å². The van der Waals surface area contributed by atoms with Crippen molar-refractivity contribution < 1.29 is 0 Å². The van der Waals surface area contributed by atoms with Crippen LogP contribution in [0.1, 0.15) is 31.4 Å². The normalized spacial score (nSPS) is 12.9. The van der Waals surface area contributed by atoms with Crippen molar-refractivity contribution in [2.45, 2.75) is 39.7 Å². The predicted molar refractivity (Wildman–Crippen MR) is 78.4 cm³/mol. The topological polar surface area (TPSA) is 41.3 Å². The monoisotopic (exact) mass is 249 g/mol. The molecule has 0 radical (unpaired) electrons. The number of nitrogens with one attached hydrogen (secondary N) is 1. The summed E-state index contributed by atoms with van der Waals surface area (Å²) in [5.41, 5.74) is 5.69. The number of rotatable bonds is 8. The smallest absolute Gasteiger partial charge is 0.0263 e. The summed E-state index contributed by atoms with van der Waals surface area (Å²) in [5.74, 6) is 5.67. The molecule has 0 aliphatic heterocycles.